The highest BCUT2D eigenvalue weighted by Gasteiger charge is 2.08. The number of nitrogens with zero attached hydrogens (tertiary/aromatic N) is 2. The maximum Gasteiger partial charge on any atom is 0.223 e. The number of hydrogen-bond acceptors (Lipinski definition) is 5. The molecule has 0 aliphatic carbocycles. The molecular weight excluding hydrogens is 331 g/mol. The Hall–Kier alpha value is -1.73. The van der Waals surface area contributed by atoms with Crippen LogP contribution in [0.4, 0.5) is 21.8 Å². The predicted molar refractivity (Wildman–Crippen MR) is 79.2 cm³/mol. The molecule has 0 aliphatic rings. The number of fused-ring (bicyclic) bond motifs is 1. The second-order valence-corrected chi connectivity index (χ2v) is 5.57. The summed E-state index contributed by atoms with van der Waals surface area (Å²) in [6.45, 7) is 0. The van der Waals surface area contributed by atoms with E-state index in [0.717, 1.165) is 10.2 Å². The highest BCUT2D eigenvalue weighted by atomic mass is 79.9. The summed E-state index contributed by atoms with van der Waals surface area (Å²) >= 11 is 4.59. The summed E-state index contributed by atoms with van der Waals surface area (Å²) in [5.74, 6) is 0.425. The quantitative estimate of drug-likeness (QED) is 0.743. The van der Waals surface area contributed by atoms with Crippen LogP contribution in [0.25, 0.3) is 10.2 Å². The van der Waals surface area contributed by atoms with E-state index in [9.17, 15) is 4.39 Å². The lowest BCUT2D eigenvalue weighted by molar-refractivity contribution is 0.622. The van der Waals surface area contributed by atoms with Crippen LogP contribution in [0.15, 0.2) is 34.1 Å². The van der Waals surface area contributed by atoms with Crippen molar-refractivity contribution in [1.29, 1.82) is 0 Å². The van der Waals surface area contributed by atoms with Gasteiger partial charge in [0.2, 0.25) is 5.95 Å². The average molecular weight is 339 g/mol. The van der Waals surface area contributed by atoms with Crippen molar-refractivity contribution in [2.24, 2.45) is 0 Å². The maximum atomic E-state index is 13.5. The van der Waals surface area contributed by atoms with Crippen LogP contribution in [0.5, 0.6) is 0 Å². The number of nitrogens with one attached hydrogen (secondary N) is 1. The molecule has 0 aliphatic heterocycles. The van der Waals surface area contributed by atoms with Gasteiger partial charge in [-0.3, -0.25) is 0 Å². The lowest BCUT2D eigenvalue weighted by atomic mass is 10.3. The molecule has 96 valence electrons. The molecule has 0 unspecified atom stereocenters. The molecule has 3 N–H and O–H groups in total. The van der Waals surface area contributed by atoms with Gasteiger partial charge in [0.25, 0.3) is 0 Å². The summed E-state index contributed by atoms with van der Waals surface area (Å²) in [5, 5.41) is 5.83. The van der Waals surface area contributed by atoms with Crippen molar-refractivity contribution in [3.8, 4) is 0 Å². The smallest absolute Gasteiger partial charge is 0.223 e. The Morgan fingerprint density at radius 1 is 1.26 bits per heavy atom. The highest BCUT2D eigenvalue weighted by Crippen LogP contribution is 2.29. The molecule has 0 fully saturated rings. The second-order valence-electron chi connectivity index (χ2n) is 3.82. The number of aromatic nitrogens is 2. The summed E-state index contributed by atoms with van der Waals surface area (Å²) in [6.07, 6.45) is 0. The molecule has 0 amide bonds. The van der Waals surface area contributed by atoms with E-state index in [-0.39, 0.29) is 11.8 Å². The number of halogens is 2. The van der Waals surface area contributed by atoms with Crippen LogP contribution < -0.4 is 11.1 Å². The van der Waals surface area contributed by atoms with Crippen molar-refractivity contribution in [3.05, 3.63) is 39.9 Å². The number of nitrogen functional groups attached to an aromatic ring is 1. The third-order valence-corrected chi connectivity index (χ3v) is 3.97. The van der Waals surface area contributed by atoms with Crippen LogP contribution in [0, 0.1) is 5.82 Å². The molecule has 3 aromatic rings. The topological polar surface area (TPSA) is 63.8 Å². The third-order valence-electron chi connectivity index (χ3n) is 2.52. The lowest BCUT2D eigenvalue weighted by Gasteiger charge is -2.08. The van der Waals surface area contributed by atoms with Gasteiger partial charge in [0, 0.05) is 5.69 Å². The first kappa shape index (κ1) is 12.3. The summed E-state index contributed by atoms with van der Waals surface area (Å²) in [6, 6.07) is 6.67. The fourth-order valence-corrected chi connectivity index (χ4v) is 2.70. The molecule has 0 spiro atoms. The monoisotopic (exact) mass is 338 g/mol. The van der Waals surface area contributed by atoms with Crippen molar-refractivity contribution in [2.75, 3.05) is 11.1 Å². The minimum atomic E-state index is -0.339. The fourth-order valence-electron chi connectivity index (χ4n) is 1.68. The van der Waals surface area contributed by atoms with Crippen LogP contribution in [0.3, 0.4) is 0 Å². The molecular formula is C12H8BrFN4S. The van der Waals surface area contributed by atoms with Crippen molar-refractivity contribution < 1.29 is 4.39 Å². The van der Waals surface area contributed by atoms with Crippen molar-refractivity contribution in [1.82, 2.24) is 9.97 Å². The van der Waals surface area contributed by atoms with Crippen LogP contribution in [-0.2, 0) is 0 Å². The van der Waals surface area contributed by atoms with E-state index >= 15 is 0 Å². The van der Waals surface area contributed by atoms with Crippen molar-refractivity contribution >= 4 is 54.9 Å². The Morgan fingerprint density at radius 2 is 2.11 bits per heavy atom. The Kier molecular flexibility index (Phi) is 3.08. The van der Waals surface area contributed by atoms with Crippen molar-refractivity contribution in [2.45, 2.75) is 0 Å². The summed E-state index contributed by atoms with van der Waals surface area (Å²) < 4.78 is 13.9. The molecule has 4 nitrogen and oxygen atoms in total. The van der Waals surface area contributed by atoms with Gasteiger partial charge in [-0.05, 0) is 45.6 Å². The molecule has 0 bridgehead atoms. The van der Waals surface area contributed by atoms with E-state index in [2.05, 4.69) is 31.2 Å². The van der Waals surface area contributed by atoms with Gasteiger partial charge in [-0.1, -0.05) is 0 Å². The van der Waals surface area contributed by atoms with Crippen LogP contribution in [0.1, 0.15) is 0 Å². The number of anilines is 3. The Morgan fingerprint density at radius 3 is 2.89 bits per heavy atom. The zero-order chi connectivity index (χ0) is 13.4. The molecule has 0 atom stereocenters. The number of nitrogens with two attached hydrogens (primary N) is 1. The van der Waals surface area contributed by atoms with Gasteiger partial charge in [-0.25, -0.2) is 9.37 Å². The molecule has 2 aromatic heterocycles. The first-order valence-corrected chi connectivity index (χ1v) is 7.03. The molecule has 0 saturated heterocycles. The number of rotatable bonds is 2. The molecule has 0 saturated carbocycles. The molecule has 19 heavy (non-hydrogen) atoms. The van der Waals surface area contributed by atoms with Gasteiger partial charge >= 0.3 is 0 Å². The Balaban J connectivity index is 2.04. The molecule has 0 radical (unpaired) electrons. The number of benzene rings is 1. The van der Waals surface area contributed by atoms with Crippen LogP contribution >= 0.6 is 27.3 Å². The van der Waals surface area contributed by atoms with Gasteiger partial charge in [-0.15, -0.1) is 11.3 Å². The first-order valence-electron chi connectivity index (χ1n) is 5.36. The summed E-state index contributed by atoms with van der Waals surface area (Å²) in [4.78, 5) is 9.08. The Bertz CT molecular complexity index is 759. The minimum absolute atomic E-state index is 0.190. The standard InChI is InChI=1S/C12H8BrFN4S/c13-8-2-1-6(5-9(8)14)16-10-7-3-4-19-11(7)18-12(15)17-10/h1-5H,(H3,15,16,17,18). The molecule has 7 heteroatoms. The Labute approximate surface area is 120 Å². The highest BCUT2D eigenvalue weighted by molar-refractivity contribution is 9.10. The van der Waals surface area contributed by atoms with E-state index in [1.165, 1.54) is 17.4 Å². The zero-order valence-corrected chi connectivity index (χ0v) is 11.9. The third kappa shape index (κ3) is 2.39. The normalized spacial score (nSPS) is 10.8. The van der Waals surface area contributed by atoms with Crippen molar-refractivity contribution in [3.63, 3.8) is 0 Å². The zero-order valence-electron chi connectivity index (χ0n) is 9.52. The number of hydrogen-bond donors (Lipinski definition) is 2. The second kappa shape index (κ2) is 4.75. The lowest BCUT2D eigenvalue weighted by Crippen LogP contribution is -2.00. The van der Waals surface area contributed by atoms with Crippen LogP contribution in [-0.4, -0.2) is 9.97 Å². The molecule has 3 rings (SSSR count). The fraction of sp³-hybridized carbons (Fsp3) is 0. The van der Waals surface area contributed by atoms with Gasteiger partial charge in [-0.2, -0.15) is 4.98 Å². The van der Waals surface area contributed by atoms with Gasteiger partial charge < -0.3 is 11.1 Å². The predicted octanol–water partition coefficient (Wildman–Crippen LogP) is 3.92. The van der Waals surface area contributed by atoms with Gasteiger partial charge in [0.05, 0.1) is 9.86 Å². The largest absolute Gasteiger partial charge is 0.368 e. The number of thiophene rings is 1. The van der Waals surface area contributed by atoms with E-state index in [0.29, 0.717) is 16.0 Å². The summed E-state index contributed by atoms with van der Waals surface area (Å²) in [7, 11) is 0. The molecule has 2 heterocycles. The minimum Gasteiger partial charge on any atom is -0.368 e. The van der Waals surface area contributed by atoms with Crippen LogP contribution in [0.2, 0.25) is 0 Å². The molecule has 1 aromatic carbocycles. The average Bonchev–Trinajstić information content (AvgIpc) is 2.82. The van der Waals surface area contributed by atoms with Gasteiger partial charge in [0.1, 0.15) is 16.5 Å². The SMILES string of the molecule is Nc1nc(Nc2ccc(Br)c(F)c2)c2ccsc2n1. The first-order chi connectivity index (χ1) is 9.13. The van der Waals surface area contributed by atoms with E-state index in [1.54, 1.807) is 12.1 Å². The van der Waals surface area contributed by atoms with E-state index in [1.807, 2.05) is 11.4 Å². The van der Waals surface area contributed by atoms with E-state index in [4.69, 9.17) is 5.73 Å². The van der Waals surface area contributed by atoms with E-state index < -0.39 is 0 Å². The van der Waals surface area contributed by atoms with Gasteiger partial charge in [0.15, 0.2) is 0 Å². The maximum absolute atomic E-state index is 13.5. The summed E-state index contributed by atoms with van der Waals surface area (Å²) in [5.41, 5.74) is 6.26.